The molecule has 4 nitrogen and oxygen atoms in total. The average Bonchev–Trinajstić information content (AvgIpc) is 2.91. The lowest BCUT2D eigenvalue weighted by Gasteiger charge is -2.08. The van der Waals surface area contributed by atoms with Crippen molar-refractivity contribution in [2.24, 2.45) is 12.8 Å². The van der Waals surface area contributed by atoms with Crippen molar-refractivity contribution in [1.82, 2.24) is 9.78 Å². The molecule has 2 aromatic heterocycles. The quantitative estimate of drug-likeness (QED) is 0.766. The van der Waals surface area contributed by atoms with Gasteiger partial charge in [-0.05, 0) is 38.1 Å². The van der Waals surface area contributed by atoms with E-state index >= 15 is 0 Å². The monoisotopic (exact) mass is 255 g/mol. The number of aromatic nitrogens is 2. The van der Waals surface area contributed by atoms with Crippen molar-refractivity contribution >= 4 is 11.0 Å². The highest BCUT2D eigenvalue weighted by Crippen LogP contribution is 2.27. The van der Waals surface area contributed by atoms with Crippen LogP contribution in [0.4, 0.5) is 0 Å². The lowest BCUT2D eigenvalue weighted by molar-refractivity contribution is 0.509. The molecule has 1 aromatic carbocycles. The van der Waals surface area contributed by atoms with Gasteiger partial charge in [0, 0.05) is 12.4 Å². The standard InChI is InChI=1S/C15H17N3O/c1-9-4-5-13-11(6-9)8-14(19-13)15(16)12-7-10(2)17-18(12)3/h4-8,15H,16H2,1-3H3. The normalized spacial score (nSPS) is 13.1. The number of nitrogens with zero attached hydrogens (tertiary/aromatic N) is 2. The Morgan fingerprint density at radius 1 is 1.21 bits per heavy atom. The van der Waals surface area contributed by atoms with Crippen LogP contribution in [-0.2, 0) is 7.05 Å². The minimum atomic E-state index is -0.293. The molecule has 1 unspecified atom stereocenters. The van der Waals surface area contributed by atoms with Gasteiger partial charge in [0.2, 0.25) is 0 Å². The molecule has 0 aliphatic carbocycles. The van der Waals surface area contributed by atoms with Gasteiger partial charge in [0.25, 0.3) is 0 Å². The number of benzene rings is 1. The molecule has 2 N–H and O–H groups in total. The molecule has 98 valence electrons. The van der Waals surface area contributed by atoms with Gasteiger partial charge >= 0.3 is 0 Å². The van der Waals surface area contributed by atoms with Crippen LogP contribution in [0.25, 0.3) is 11.0 Å². The van der Waals surface area contributed by atoms with Gasteiger partial charge in [0.05, 0.1) is 11.4 Å². The molecule has 0 fully saturated rings. The first-order valence-corrected chi connectivity index (χ1v) is 6.31. The Hall–Kier alpha value is -2.07. The van der Waals surface area contributed by atoms with E-state index in [0.29, 0.717) is 0 Å². The molecule has 0 aliphatic heterocycles. The molecular formula is C15H17N3O. The van der Waals surface area contributed by atoms with E-state index in [1.807, 2.05) is 38.2 Å². The molecule has 3 aromatic rings. The van der Waals surface area contributed by atoms with Crippen molar-refractivity contribution in [3.8, 4) is 0 Å². The van der Waals surface area contributed by atoms with Gasteiger partial charge in [-0.1, -0.05) is 11.6 Å². The molecule has 0 bridgehead atoms. The molecule has 0 saturated heterocycles. The molecule has 2 heterocycles. The predicted molar refractivity (Wildman–Crippen MR) is 74.9 cm³/mol. The predicted octanol–water partition coefficient (Wildman–Crippen LogP) is 2.83. The SMILES string of the molecule is Cc1ccc2oc(C(N)c3cc(C)nn3C)cc2c1. The summed E-state index contributed by atoms with van der Waals surface area (Å²) < 4.78 is 7.64. The van der Waals surface area contributed by atoms with E-state index < -0.39 is 0 Å². The van der Waals surface area contributed by atoms with E-state index in [2.05, 4.69) is 18.1 Å². The minimum absolute atomic E-state index is 0.293. The summed E-state index contributed by atoms with van der Waals surface area (Å²) in [6.07, 6.45) is 0. The maximum absolute atomic E-state index is 6.28. The Kier molecular flexibility index (Phi) is 2.68. The number of rotatable bonds is 2. The Balaban J connectivity index is 2.06. The molecule has 0 saturated carbocycles. The minimum Gasteiger partial charge on any atom is -0.459 e. The summed E-state index contributed by atoms with van der Waals surface area (Å²) in [5.41, 5.74) is 10.3. The second-order valence-electron chi connectivity index (χ2n) is 5.00. The van der Waals surface area contributed by atoms with Crippen LogP contribution in [0, 0.1) is 13.8 Å². The van der Waals surface area contributed by atoms with Crippen molar-refractivity contribution in [3.63, 3.8) is 0 Å². The highest BCUT2D eigenvalue weighted by molar-refractivity contribution is 5.78. The average molecular weight is 255 g/mol. The second-order valence-corrected chi connectivity index (χ2v) is 5.00. The zero-order valence-corrected chi connectivity index (χ0v) is 11.3. The summed E-state index contributed by atoms with van der Waals surface area (Å²) in [6.45, 7) is 4.02. The molecule has 4 heteroatoms. The first-order valence-electron chi connectivity index (χ1n) is 6.31. The smallest absolute Gasteiger partial charge is 0.134 e. The Morgan fingerprint density at radius 3 is 2.68 bits per heavy atom. The van der Waals surface area contributed by atoms with Gasteiger partial charge in [-0.25, -0.2) is 0 Å². The van der Waals surface area contributed by atoms with Gasteiger partial charge in [-0.3, -0.25) is 4.68 Å². The third-order valence-corrected chi connectivity index (χ3v) is 3.35. The fourth-order valence-electron chi connectivity index (χ4n) is 2.40. The van der Waals surface area contributed by atoms with Gasteiger partial charge < -0.3 is 10.2 Å². The van der Waals surface area contributed by atoms with Crippen LogP contribution < -0.4 is 5.73 Å². The van der Waals surface area contributed by atoms with E-state index in [1.54, 1.807) is 4.68 Å². The fraction of sp³-hybridized carbons (Fsp3) is 0.267. The third kappa shape index (κ3) is 2.04. The van der Waals surface area contributed by atoms with E-state index in [-0.39, 0.29) is 6.04 Å². The van der Waals surface area contributed by atoms with Crippen LogP contribution in [0.3, 0.4) is 0 Å². The van der Waals surface area contributed by atoms with Gasteiger partial charge in [-0.2, -0.15) is 5.10 Å². The van der Waals surface area contributed by atoms with Crippen LogP contribution in [0.5, 0.6) is 0 Å². The molecule has 1 atom stereocenters. The molecule has 19 heavy (non-hydrogen) atoms. The maximum atomic E-state index is 6.28. The highest BCUT2D eigenvalue weighted by Gasteiger charge is 2.18. The van der Waals surface area contributed by atoms with Crippen molar-refractivity contribution in [1.29, 1.82) is 0 Å². The summed E-state index contributed by atoms with van der Waals surface area (Å²) in [7, 11) is 1.90. The van der Waals surface area contributed by atoms with Crippen molar-refractivity contribution in [3.05, 3.63) is 53.0 Å². The van der Waals surface area contributed by atoms with Crippen LogP contribution in [-0.4, -0.2) is 9.78 Å². The van der Waals surface area contributed by atoms with Crippen LogP contribution >= 0.6 is 0 Å². The van der Waals surface area contributed by atoms with E-state index in [4.69, 9.17) is 10.2 Å². The lowest BCUT2D eigenvalue weighted by atomic mass is 10.1. The van der Waals surface area contributed by atoms with E-state index in [9.17, 15) is 0 Å². The number of nitrogens with two attached hydrogens (primary N) is 1. The molecule has 0 spiro atoms. The van der Waals surface area contributed by atoms with Gasteiger partial charge in [-0.15, -0.1) is 0 Å². The molecule has 0 amide bonds. The van der Waals surface area contributed by atoms with Crippen molar-refractivity contribution < 1.29 is 4.42 Å². The van der Waals surface area contributed by atoms with Crippen molar-refractivity contribution in [2.45, 2.75) is 19.9 Å². The first-order chi connectivity index (χ1) is 9.04. The topological polar surface area (TPSA) is 57.0 Å². The number of fused-ring (bicyclic) bond motifs is 1. The Bertz CT molecular complexity index is 739. The van der Waals surface area contributed by atoms with E-state index in [1.165, 1.54) is 5.56 Å². The Labute approximate surface area is 111 Å². The number of aryl methyl sites for hydroxylation is 3. The molecular weight excluding hydrogens is 238 g/mol. The number of hydrogen-bond acceptors (Lipinski definition) is 3. The Morgan fingerprint density at radius 2 is 2.00 bits per heavy atom. The number of furan rings is 1. The van der Waals surface area contributed by atoms with Gasteiger partial charge in [0.1, 0.15) is 17.4 Å². The molecule has 0 radical (unpaired) electrons. The van der Waals surface area contributed by atoms with Crippen LogP contribution in [0.15, 0.2) is 34.7 Å². The summed E-state index contributed by atoms with van der Waals surface area (Å²) >= 11 is 0. The van der Waals surface area contributed by atoms with Crippen molar-refractivity contribution in [2.75, 3.05) is 0 Å². The molecule has 3 rings (SSSR count). The summed E-state index contributed by atoms with van der Waals surface area (Å²) in [5, 5.41) is 5.41. The van der Waals surface area contributed by atoms with Gasteiger partial charge in [0.15, 0.2) is 0 Å². The summed E-state index contributed by atoms with van der Waals surface area (Å²) in [4.78, 5) is 0. The lowest BCUT2D eigenvalue weighted by Crippen LogP contribution is -2.15. The largest absolute Gasteiger partial charge is 0.459 e. The maximum Gasteiger partial charge on any atom is 0.134 e. The zero-order valence-electron chi connectivity index (χ0n) is 11.3. The third-order valence-electron chi connectivity index (χ3n) is 3.35. The highest BCUT2D eigenvalue weighted by atomic mass is 16.3. The fourth-order valence-corrected chi connectivity index (χ4v) is 2.40. The summed E-state index contributed by atoms with van der Waals surface area (Å²) in [5.74, 6) is 0.767. The second kappa shape index (κ2) is 4.24. The summed E-state index contributed by atoms with van der Waals surface area (Å²) in [6, 6.07) is 9.83. The zero-order chi connectivity index (χ0) is 13.6. The molecule has 0 aliphatic rings. The number of hydrogen-bond donors (Lipinski definition) is 1. The van der Waals surface area contributed by atoms with E-state index in [0.717, 1.165) is 28.1 Å². The van der Waals surface area contributed by atoms with Crippen LogP contribution in [0.1, 0.15) is 28.8 Å². The van der Waals surface area contributed by atoms with Crippen LogP contribution in [0.2, 0.25) is 0 Å². The first kappa shape index (κ1) is 12.0.